The maximum absolute atomic E-state index is 5.56. The summed E-state index contributed by atoms with van der Waals surface area (Å²) in [6, 6.07) is 4.64. The third-order valence-electron chi connectivity index (χ3n) is 4.65. The molecule has 1 aromatic heterocycles. The zero-order valence-electron chi connectivity index (χ0n) is 15.6. The minimum absolute atomic E-state index is 0.185. The molecular formula is C18H33N5O. The van der Waals surface area contributed by atoms with Crippen LogP contribution < -0.4 is 10.6 Å². The van der Waals surface area contributed by atoms with Crippen LogP contribution in [0.25, 0.3) is 0 Å². The van der Waals surface area contributed by atoms with Gasteiger partial charge < -0.3 is 20.0 Å². The molecular weight excluding hydrogens is 302 g/mol. The van der Waals surface area contributed by atoms with Gasteiger partial charge in [-0.1, -0.05) is 6.92 Å². The molecule has 1 aliphatic heterocycles. The number of aliphatic imine (C=N–C) groups is 1. The third-order valence-corrected chi connectivity index (χ3v) is 4.65. The molecule has 1 unspecified atom stereocenters. The fourth-order valence-corrected chi connectivity index (χ4v) is 3.22. The number of hydrogen-bond acceptors (Lipinski definition) is 4. The SMILES string of the molecule is CCCN1CCC(NC(=NC)NCC(c2ccco2)N(C)C)CC1. The van der Waals surface area contributed by atoms with E-state index in [0.29, 0.717) is 6.04 Å². The van der Waals surface area contributed by atoms with E-state index >= 15 is 0 Å². The van der Waals surface area contributed by atoms with E-state index in [1.165, 1.54) is 38.9 Å². The normalized spacial score (nSPS) is 18.8. The second kappa shape index (κ2) is 9.69. The van der Waals surface area contributed by atoms with Crippen molar-refractivity contribution in [1.82, 2.24) is 20.4 Å². The maximum atomic E-state index is 5.56. The van der Waals surface area contributed by atoms with Crippen molar-refractivity contribution in [3.8, 4) is 0 Å². The number of rotatable bonds is 7. The lowest BCUT2D eigenvalue weighted by molar-refractivity contribution is 0.206. The smallest absolute Gasteiger partial charge is 0.191 e. The lowest BCUT2D eigenvalue weighted by Crippen LogP contribution is -2.49. The Morgan fingerprint density at radius 1 is 1.42 bits per heavy atom. The van der Waals surface area contributed by atoms with E-state index in [0.717, 1.165) is 18.3 Å². The molecule has 2 heterocycles. The van der Waals surface area contributed by atoms with Gasteiger partial charge in [-0.3, -0.25) is 9.89 Å². The minimum atomic E-state index is 0.185. The van der Waals surface area contributed by atoms with Gasteiger partial charge in [0.2, 0.25) is 0 Å². The van der Waals surface area contributed by atoms with E-state index < -0.39 is 0 Å². The van der Waals surface area contributed by atoms with Gasteiger partial charge in [0, 0.05) is 32.7 Å². The molecule has 1 aromatic rings. The third kappa shape index (κ3) is 5.53. The number of likely N-dealkylation sites (tertiary alicyclic amines) is 1. The predicted octanol–water partition coefficient (Wildman–Crippen LogP) is 1.92. The molecule has 0 bridgehead atoms. The van der Waals surface area contributed by atoms with Gasteiger partial charge >= 0.3 is 0 Å². The largest absolute Gasteiger partial charge is 0.468 e. The molecule has 2 rings (SSSR count). The number of hydrogen-bond donors (Lipinski definition) is 2. The zero-order chi connectivity index (χ0) is 17.4. The molecule has 2 N–H and O–H groups in total. The summed E-state index contributed by atoms with van der Waals surface area (Å²) < 4.78 is 5.56. The topological polar surface area (TPSA) is 56.0 Å². The Morgan fingerprint density at radius 2 is 2.17 bits per heavy atom. The Labute approximate surface area is 146 Å². The van der Waals surface area contributed by atoms with Crippen LogP contribution in [0, 0.1) is 0 Å². The quantitative estimate of drug-likeness (QED) is 0.589. The Morgan fingerprint density at radius 3 is 2.71 bits per heavy atom. The first-order valence-electron chi connectivity index (χ1n) is 9.03. The number of nitrogens with zero attached hydrogens (tertiary/aromatic N) is 3. The standard InChI is InChI=1S/C18H33N5O/c1-5-10-23-11-8-15(9-12-23)21-18(19-2)20-14-16(22(3)4)17-7-6-13-24-17/h6-7,13,15-16H,5,8-12,14H2,1-4H3,(H2,19,20,21). The predicted molar refractivity (Wildman–Crippen MR) is 99.4 cm³/mol. The van der Waals surface area contributed by atoms with Crippen molar-refractivity contribution in [2.75, 3.05) is 47.3 Å². The highest BCUT2D eigenvalue weighted by molar-refractivity contribution is 5.80. The number of piperidine rings is 1. The monoisotopic (exact) mass is 335 g/mol. The Bertz CT molecular complexity index is 478. The van der Waals surface area contributed by atoms with Crippen molar-refractivity contribution in [3.05, 3.63) is 24.2 Å². The van der Waals surface area contributed by atoms with Gasteiger partial charge in [0.05, 0.1) is 12.3 Å². The Kier molecular flexibility index (Phi) is 7.59. The zero-order valence-corrected chi connectivity index (χ0v) is 15.6. The second-order valence-electron chi connectivity index (χ2n) is 6.71. The fourth-order valence-electron chi connectivity index (χ4n) is 3.22. The molecule has 0 spiro atoms. The summed E-state index contributed by atoms with van der Waals surface area (Å²) in [5, 5.41) is 7.02. The van der Waals surface area contributed by atoms with Gasteiger partial charge in [-0.05, 0) is 52.0 Å². The van der Waals surface area contributed by atoms with Gasteiger partial charge in [-0.15, -0.1) is 0 Å². The highest BCUT2D eigenvalue weighted by Crippen LogP contribution is 2.17. The summed E-state index contributed by atoms with van der Waals surface area (Å²) in [7, 11) is 5.96. The van der Waals surface area contributed by atoms with Gasteiger partial charge in [-0.2, -0.15) is 0 Å². The molecule has 1 atom stereocenters. The first-order chi connectivity index (χ1) is 11.6. The van der Waals surface area contributed by atoms with Crippen molar-refractivity contribution >= 4 is 5.96 Å². The van der Waals surface area contributed by atoms with E-state index in [1.54, 1.807) is 6.26 Å². The van der Waals surface area contributed by atoms with Crippen LogP contribution in [0.1, 0.15) is 38.0 Å². The van der Waals surface area contributed by atoms with E-state index in [9.17, 15) is 0 Å². The van der Waals surface area contributed by atoms with Crippen molar-refractivity contribution in [2.45, 2.75) is 38.3 Å². The molecule has 0 radical (unpaired) electrons. The molecule has 6 heteroatoms. The average Bonchev–Trinajstić information content (AvgIpc) is 3.09. The van der Waals surface area contributed by atoms with Crippen LogP contribution in [0.3, 0.4) is 0 Å². The fraction of sp³-hybridized carbons (Fsp3) is 0.722. The summed E-state index contributed by atoms with van der Waals surface area (Å²) in [6.07, 6.45) is 5.31. The number of nitrogens with one attached hydrogen (secondary N) is 2. The first-order valence-corrected chi connectivity index (χ1v) is 9.03. The van der Waals surface area contributed by atoms with Gasteiger partial charge in [0.25, 0.3) is 0 Å². The van der Waals surface area contributed by atoms with E-state index in [2.05, 4.69) is 46.4 Å². The molecule has 6 nitrogen and oxygen atoms in total. The van der Waals surface area contributed by atoms with E-state index in [-0.39, 0.29) is 6.04 Å². The van der Waals surface area contributed by atoms with Crippen molar-refractivity contribution < 1.29 is 4.42 Å². The van der Waals surface area contributed by atoms with Gasteiger partial charge in [0.1, 0.15) is 5.76 Å². The van der Waals surface area contributed by atoms with Crippen LogP contribution in [0.4, 0.5) is 0 Å². The average molecular weight is 335 g/mol. The molecule has 0 aliphatic carbocycles. The molecule has 24 heavy (non-hydrogen) atoms. The molecule has 1 fully saturated rings. The molecule has 1 aliphatic rings. The van der Waals surface area contributed by atoms with E-state index in [1.807, 2.05) is 19.2 Å². The maximum Gasteiger partial charge on any atom is 0.191 e. The van der Waals surface area contributed by atoms with Crippen LogP contribution in [0.5, 0.6) is 0 Å². The highest BCUT2D eigenvalue weighted by atomic mass is 16.3. The molecule has 0 saturated carbocycles. The molecule has 0 aromatic carbocycles. The van der Waals surface area contributed by atoms with Crippen molar-refractivity contribution in [1.29, 1.82) is 0 Å². The Balaban J connectivity index is 1.80. The van der Waals surface area contributed by atoms with Crippen LogP contribution in [0.2, 0.25) is 0 Å². The first kappa shape index (κ1) is 18.8. The van der Waals surface area contributed by atoms with Crippen LogP contribution in [-0.2, 0) is 0 Å². The van der Waals surface area contributed by atoms with Crippen molar-refractivity contribution in [2.24, 2.45) is 4.99 Å². The van der Waals surface area contributed by atoms with E-state index in [4.69, 9.17) is 4.42 Å². The molecule has 1 saturated heterocycles. The van der Waals surface area contributed by atoms with Gasteiger partial charge in [0.15, 0.2) is 5.96 Å². The Hall–Kier alpha value is -1.53. The number of guanidine groups is 1. The summed E-state index contributed by atoms with van der Waals surface area (Å²) in [5.74, 6) is 1.85. The minimum Gasteiger partial charge on any atom is -0.468 e. The lowest BCUT2D eigenvalue weighted by Gasteiger charge is -2.33. The highest BCUT2D eigenvalue weighted by Gasteiger charge is 2.21. The number of furan rings is 1. The molecule has 136 valence electrons. The van der Waals surface area contributed by atoms with Gasteiger partial charge in [-0.25, -0.2) is 0 Å². The number of likely N-dealkylation sites (N-methyl/N-ethyl adjacent to an activating group) is 1. The summed E-state index contributed by atoms with van der Waals surface area (Å²) in [5.41, 5.74) is 0. The van der Waals surface area contributed by atoms with Crippen LogP contribution >= 0.6 is 0 Å². The second-order valence-corrected chi connectivity index (χ2v) is 6.71. The lowest BCUT2D eigenvalue weighted by atomic mass is 10.1. The molecule has 0 amide bonds. The summed E-state index contributed by atoms with van der Waals surface area (Å²) in [6.45, 7) is 6.57. The summed E-state index contributed by atoms with van der Waals surface area (Å²) in [4.78, 5) is 9.09. The van der Waals surface area contributed by atoms with Crippen LogP contribution in [0.15, 0.2) is 27.8 Å². The van der Waals surface area contributed by atoms with Crippen molar-refractivity contribution in [3.63, 3.8) is 0 Å². The van der Waals surface area contributed by atoms with Crippen LogP contribution in [-0.4, -0.2) is 69.1 Å². The summed E-state index contributed by atoms with van der Waals surface area (Å²) >= 11 is 0.